The van der Waals surface area contributed by atoms with Gasteiger partial charge in [-0.1, -0.05) is 0 Å². The third kappa shape index (κ3) is 3.18. The zero-order valence-electron chi connectivity index (χ0n) is 8.33. The Hall–Kier alpha value is -1.14. The summed E-state index contributed by atoms with van der Waals surface area (Å²) in [6.07, 6.45) is 0. The lowest BCUT2D eigenvalue weighted by Crippen LogP contribution is -2.14. The van der Waals surface area contributed by atoms with Crippen molar-refractivity contribution in [2.75, 3.05) is 12.0 Å². The molecule has 1 aromatic carbocycles. The van der Waals surface area contributed by atoms with Crippen molar-refractivity contribution < 1.29 is 17.6 Å². The van der Waals surface area contributed by atoms with Crippen molar-refractivity contribution in [2.24, 2.45) is 0 Å². The number of nitrogens with one attached hydrogen (secondary N) is 1. The van der Waals surface area contributed by atoms with Gasteiger partial charge >= 0.3 is 0 Å². The molecule has 7 heteroatoms. The largest absolute Gasteiger partial charge is 0.324 e. The van der Waals surface area contributed by atoms with Crippen LogP contribution in [0.15, 0.2) is 23.1 Å². The second-order valence-electron chi connectivity index (χ2n) is 3.10. The number of carbonyl (C=O) groups is 1. The SMILES string of the molecule is Cc1cc(S(=O)(=O)Cl)ccc1NC(=O)CF. The molecule has 16 heavy (non-hydrogen) atoms. The van der Waals surface area contributed by atoms with Gasteiger partial charge in [0.05, 0.1) is 4.90 Å². The standard InChI is InChI=1S/C9H9ClFNO3S/c1-6-4-7(16(10,14)15)2-3-8(6)12-9(13)5-11/h2-4H,5H2,1H3,(H,12,13). The molecule has 0 aliphatic heterocycles. The van der Waals surface area contributed by atoms with Crippen LogP contribution in [-0.2, 0) is 13.8 Å². The van der Waals surface area contributed by atoms with Gasteiger partial charge in [0.25, 0.3) is 15.0 Å². The molecule has 0 radical (unpaired) electrons. The van der Waals surface area contributed by atoms with Crippen molar-refractivity contribution in [2.45, 2.75) is 11.8 Å². The molecule has 1 N–H and O–H groups in total. The molecule has 0 aromatic heterocycles. The van der Waals surface area contributed by atoms with E-state index in [1.165, 1.54) is 18.2 Å². The zero-order chi connectivity index (χ0) is 12.3. The number of anilines is 1. The van der Waals surface area contributed by atoms with E-state index >= 15 is 0 Å². The zero-order valence-corrected chi connectivity index (χ0v) is 9.90. The van der Waals surface area contributed by atoms with Gasteiger partial charge in [0.2, 0.25) is 0 Å². The van der Waals surface area contributed by atoms with Gasteiger partial charge in [0.15, 0.2) is 6.67 Å². The molecule has 1 rings (SSSR count). The molecule has 1 aromatic rings. The van der Waals surface area contributed by atoms with Gasteiger partial charge in [-0.15, -0.1) is 0 Å². The second-order valence-corrected chi connectivity index (χ2v) is 5.66. The van der Waals surface area contributed by atoms with E-state index in [2.05, 4.69) is 5.32 Å². The molecular formula is C9H9ClFNO3S. The summed E-state index contributed by atoms with van der Waals surface area (Å²) in [6.45, 7) is 0.453. The monoisotopic (exact) mass is 265 g/mol. The minimum atomic E-state index is -3.79. The third-order valence-electron chi connectivity index (χ3n) is 1.87. The van der Waals surface area contributed by atoms with Gasteiger partial charge in [-0.05, 0) is 30.7 Å². The summed E-state index contributed by atoms with van der Waals surface area (Å²) < 4.78 is 33.9. The van der Waals surface area contributed by atoms with Crippen molar-refractivity contribution in [3.05, 3.63) is 23.8 Å². The lowest BCUT2D eigenvalue weighted by Gasteiger charge is -2.07. The maximum absolute atomic E-state index is 11.9. The molecule has 0 spiro atoms. The highest BCUT2D eigenvalue weighted by Gasteiger charge is 2.12. The molecule has 1 amide bonds. The number of aryl methyl sites for hydroxylation is 1. The number of alkyl halides is 1. The van der Waals surface area contributed by atoms with Gasteiger partial charge in [-0.3, -0.25) is 4.79 Å². The van der Waals surface area contributed by atoms with Crippen LogP contribution < -0.4 is 5.32 Å². The van der Waals surface area contributed by atoms with Gasteiger partial charge in [-0.2, -0.15) is 0 Å². The second kappa shape index (κ2) is 4.80. The first-order valence-corrected chi connectivity index (χ1v) is 6.56. The summed E-state index contributed by atoms with van der Waals surface area (Å²) in [7, 11) is 1.35. The van der Waals surface area contributed by atoms with Gasteiger partial charge < -0.3 is 5.32 Å². The predicted molar refractivity (Wildman–Crippen MR) is 58.8 cm³/mol. The van der Waals surface area contributed by atoms with E-state index in [0.717, 1.165) is 0 Å². The minimum Gasteiger partial charge on any atom is -0.324 e. The average molecular weight is 266 g/mol. The first-order valence-electron chi connectivity index (χ1n) is 4.25. The van der Waals surface area contributed by atoms with Crippen LogP contribution in [0, 0.1) is 6.92 Å². The summed E-state index contributed by atoms with van der Waals surface area (Å²) >= 11 is 0. The van der Waals surface area contributed by atoms with Gasteiger partial charge in [0.1, 0.15) is 0 Å². The smallest absolute Gasteiger partial charge is 0.261 e. The van der Waals surface area contributed by atoms with E-state index in [9.17, 15) is 17.6 Å². The average Bonchev–Trinajstić information content (AvgIpc) is 2.19. The van der Waals surface area contributed by atoms with E-state index in [0.29, 0.717) is 11.3 Å². The Morgan fingerprint density at radius 3 is 2.56 bits per heavy atom. The van der Waals surface area contributed by atoms with Crippen LogP contribution in [0.1, 0.15) is 5.56 Å². The summed E-state index contributed by atoms with van der Waals surface area (Å²) in [5.41, 5.74) is 0.843. The van der Waals surface area contributed by atoms with Gasteiger partial charge in [0, 0.05) is 16.4 Å². The van der Waals surface area contributed by atoms with Crippen molar-refractivity contribution in [1.82, 2.24) is 0 Å². The fraction of sp³-hybridized carbons (Fsp3) is 0.222. The molecule has 88 valence electrons. The van der Waals surface area contributed by atoms with E-state index in [4.69, 9.17) is 10.7 Å². The molecule has 0 saturated heterocycles. The lowest BCUT2D eigenvalue weighted by molar-refractivity contribution is -0.117. The van der Waals surface area contributed by atoms with Crippen molar-refractivity contribution in [1.29, 1.82) is 0 Å². The number of halogens is 2. The number of benzene rings is 1. The molecule has 4 nitrogen and oxygen atoms in total. The summed E-state index contributed by atoms with van der Waals surface area (Å²) in [5, 5.41) is 2.29. The van der Waals surface area contributed by atoms with Gasteiger partial charge in [-0.25, -0.2) is 12.8 Å². The Kier molecular flexibility index (Phi) is 3.88. The fourth-order valence-corrected chi connectivity index (χ4v) is 1.95. The maximum atomic E-state index is 11.9. The maximum Gasteiger partial charge on any atom is 0.261 e. The first kappa shape index (κ1) is 12.9. The Bertz CT molecular complexity index is 515. The highest BCUT2D eigenvalue weighted by Crippen LogP contribution is 2.22. The number of carbonyl (C=O) groups excluding carboxylic acids is 1. The minimum absolute atomic E-state index is 0.0649. The molecule has 0 fully saturated rings. The quantitative estimate of drug-likeness (QED) is 0.848. The van der Waals surface area contributed by atoms with E-state index in [-0.39, 0.29) is 4.90 Å². The Morgan fingerprint density at radius 1 is 1.50 bits per heavy atom. The van der Waals surface area contributed by atoms with Crippen LogP contribution in [0.5, 0.6) is 0 Å². The highest BCUT2D eigenvalue weighted by atomic mass is 35.7. The Labute approximate surface area is 96.8 Å². The van der Waals surface area contributed by atoms with E-state index in [1.807, 2.05) is 0 Å². The van der Waals surface area contributed by atoms with Crippen LogP contribution in [-0.4, -0.2) is 21.0 Å². The lowest BCUT2D eigenvalue weighted by atomic mass is 10.2. The van der Waals surface area contributed by atoms with Crippen LogP contribution in [0.4, 0.5) is 10.1 Å². The molecular weight excluding hydrogens is 257 g/mol. The Balaban J connectivity index is 3.06. The molecule has 0 aliphatic carbocycles. The number of rotatable bonds is 3. The van der Waals surface area contributed by atoms with E-state index in [1.54, 1.807) is 6.92 Å². The first-order chi connectivity index (χ1) is 7.34. The summed E-state index contributed by atoms with van der Waals surface area (Å²) in [4.78, 5) is 10.7. The van der Waals surface area contributed by atoms with Crippen LogP contribution in [0.3, 0.4) is 0 Å². The summed E-state index contributed by atoms with van der Waals surface area (Å²) in [5.74, 6) is -0.787. The van der Waals surface area contributed by atoms with Crippen molar-refractivity contribution in [3.63, 3.8) is 0 Å². The number of hydrogen-bond acceptors (Lipinski definition) is 3. The summed E-state index contributed by atoms with van der Waals surface area (Å²) in [6, 6.07) is 3.90. The molecule has 0 aliphatic rings. The third-order valence-corrected chi connectivity index (χ3v) is 3.23. The normalized spacial score (nSPS) is 11.2. The number of amides is 1. The molecule has 0 bridgehead atoms. The molecule has 0 saturated carbocycles. The van der Waals surface area contributed by atoms with Crippen LogP contribution >= 0.6 is 10.7 Å². The fourth-order valence-electron chi connectivity index (χ4n) is 1.11. The predicted octanol–water partition coefficient (Wildman–Crippen LogP) is 1.83. The van der Waals surface area contributed by atoms with Crippen LogP contribution in [0.2, 0.25) is 0 Å². The van der Waals surface area contributed by atoms with Crippen LogP contribution in [0.25, 0.3) is 0 Å². The van der Waals surface area contributed by atoms with E-state index < -0.39 is 21.6 Å². The van der Waals surface area contributed by atoms with Crippen molar-refractivity contribution >= 4 is 31.3 Å². The molecule has 0 heterocycles. The topological polar surface area (TPSA) is 63.2 Å². The molecule has 0 unspecified atom stereocenters. The highest BCUT2D eigenvalue weighted by molar-refractivity contribution is 8.13. The number of hydrogen-bond donors (Lipinski definition) is 1. The van der Waals surface area contributed by atoms with Crippen molar-refractivity contribution in [3.8, 4) is 0 Å². The Morgan fingerprint density at radius 2 is 2.12 bits per heavy atom. The molecule has 0 atom stereocenters.